The molecule has 1 saturated heterocycles. The number of nitrogens with zero attached hydrogens (tertiary/aromatic N) is 3. The second-order valence-electron chi connectivity index (χ2n) is 9.72. The molecule has 1 fully saturated rings. The molecule has 7 heteroatoms. The molecule has 1 aromatic heterocycles. The molecular weight excluding hydrogens is 440 g/mol. The van der Waals surface area contributed by atoms with Gasteiger partial charge in [-0.2, -0.15) is 5.10 Å². The quantitative estimate of drug-likeness (QED) is 0.563. The fourth-order valence-electron chi connectivity index (χ4n) is 4.82. The van der Waals surface area contributed by atoms with Crippen molar-refractivity contribution in [2.75, 3.05) is 26.7 Å². The van der Waals surface area contributed by atoms with Gasteiger partial charge in [0.25, 0.3) is 11.5 Å². The van der Waals surface area contributed by atoms with Crippen LogP contribution in [-0.2, 0) is 11.2 Å². The minimum absolute atomic E-state index is 0.00926. The van der Waals surface area contributed by atoms with Gasteiger partial charge in [0.1, 0.15) is 0 Å². The van der Waals surface area contributed by atoms with Crippen LogP contribution in [0.4, 0.5) is 0 Å². The second kappa shape index (κ2) is 10.8. The van der Waals surface area contributed by atoms with E-state index in [0.717, 1.165) is 29.6 Å². The van der Waals surface area contributed by atoms with Gasteiger partial charge >= 0.3 is 0 Å². The Hall–Kier alpha value is -3.48. The Morgan fingerprint density at radius 3 is 2.54 bits per heavy atom. The van der Waals surface area contributed by atoms with Gasteiger partial charge in [-0.3, -0.25) is 14.4 Å². The monoisotopic (exact) mass is 474 g/mol. The van der Waals surface area contributed by atoms with Crippen molar-refractivity contribution >= 4 is 22.6 Å². The summed E-state index contributed by atoms with van der Waals surface area (Å²) >= 11 is 0. The molecule has 0 saturated carbocycles. The first-order valence-electron chi connectivity index (χ1n) is 12.5. The Bertz CT molecular complexity index is 1260. The number of amides is 2. The molecule has 184 valence electrons. The van der Waals surface area contributed by atoms with E-state index < -0.39 is 0 Å². The van der Waals surface area contributed by atoms with Crippen LogP contribution in [0.2, 0.25) is 0 Å². The maximum Gasteiger partial charge on any atom is 0.272 e. The molecule has 1 aliphatic heterocycles. The molecule has 2 heterocycles. The highest BCUT2D eigenvalue weighted by Crippen LogP contribution is 2.23. The standard InChI is InChI=1S/C28H34N4O3/c1-4-19(2)18-31(3)27(34)21-12-14-32(15-13-21)28(35)22-9-7-8-20(16-22)17-25-23-10-5-6-11-24(23)26(33)30-29-25/h5-11,16,19,21H,4,12-15,17-18H2,1-3H3,(H,30,33). The number of fused-ring (bicyclic) bond motifs is 1. The van der Waals surface area contributed by atoms with Gasteiger partial charge in [0.05, 0.1) is 11.1 Å². The lowest BCUT2D eigenvalue weighted by Gasteiger charge is -2.34. The van der Waals surface area contributed by atoms with Crippen LogP contribution in [0.3, 0.4) is 0 Å². The number of piperidine rings is 1. The lowest BCUT2D eigenvalue weighted by Crippen LogP contribution is -2.44. The maximum absolute atomic E-state index is 13.2. The number of benzene rings is 2. The summed E-state index contributed by atoms with van der Waals surface area (Å²) in [6.07, 6.45) is 2.96. The van der Waals surface area contributed by atoms with Crippen LogP contribution >= 0.6 is 0 Å². The largest absolute Gasteiger partial charge is 0.345 e. The number of carbonyl (C=O) groups excluding carboxylic acids is 2. The van der Waals surface area contributed by atoms with E-state index in [-0.39, 0.29) is 23.3 Å². The van der Waals surface area contributed by atoms with Crippen LogP contribution in [-0.4, -0.2) is 58.5 Å². The summed E-state index contributed by atoms with van der Waals surface area (Å²) in [5.41, 5.74) is 2.15. The number of rotatable bonds is 7. The number of H-pyrrole nitrogens is 1. The third-order valence-corrected chi connectivity index (χ3v) is 7.11. The van der Waals surface area contributed by atoms with Gasteiger partial charge in [-0.05, 0) is 42.5 Å². The zero-order valence-electron chi connectivity index (χ0n) is 20.8. The lowest BCUT2D eigenvalue weighted by molar-refractivity contribution is -0.136. The highest BCUT2D eigenvalue weighted by molar-refractivity contribution is 5.94. The van der Waals surface area contributed by atoms with Crippen LogP contribution < -0.4 is 5.56 Å². The van der Waals surface area contributed by atoms with Crippen LogP contribution in [0.1, 0.15) is 54.7 Å². The zero-order chi connectivity index (χ0) is 24.9. The molecule has 2 aromatic carbocycles. The fourth-order valence-corrected chi connectivity index (χ4v) is 4.82. The van der Waals surface area contributed by atoms with E-state index >= 15 is 0 Å². The Kier molecular flexibility index (Phi) is 7.63. The second-order valence-corrected chi connectivity index (χ2v) is 9.72. The molecule has 0 radical (unpaired) electrons. The summed E-state index contributed by atoms with van der Waals surface area (Å²) in [5, 5.41) is 8.26. The highest BCUT2D eigenvalue weighted by atomic mass is 16.2. The third kappa shape index (κ3) is 5.61. The van der Waals surface area contributed by atoms with E-state index in [1.54, 1.807) is 6.07 Å². The predicted octanol–water partition coefficient (Wildman–Crippen LogP) is 3.87. The number of hydrogen-bond donors (Lipinski definition) is 1. The highest BCUT2D eigenvalue weighted by Gasteiger charge is 2.29. The number of likely N-dealkylation sites (tertiary alicyclic amines) is 1. The van der Waals surface area contributed by atoms with Crippen molar-refractivity contribution in [1.82, 2.24) is 20.0 Å². The van der Waals surface area contributed by atoms with E-state index in [0.29, 0.717) is 49.2 Å². The molecule has 1 aliphatic rings. The minimum atomic E-state index is -0.207. The summed E-state index contributed by atoms with van der Waals surface area (Å²) in [6, 6.07) is 15.0. The Balaban J connectivity index is 1.41. The van der Waals surface area contributed by atoms with Crippen molar-refractivity contribution in [3.8, 4) is 0 Å². The van der Waals surface area contributed by atoms with Gasteiger partial charge in [-0.15, -0.1) is 0 Å². The smallest absolute Gasteiger partial charge is 0.272 e. The first-order valence-corrected chi connectivity index (χ1v) is 12.5. The SMILES string of the molecule is CCC(C)CN(C)C(=O)C1CCN(C(=O)c2cccc(Cc3n[nH]c(=O)c4ccccc34)c2)CC1. The summed E-state index contributed by atoms with van der Waals surface area (Å²) in [7, 11) is 1.89. The van der Waals surface area contributed by atoms with Crippen molar-refractivity contribution in [2.24, 2.45) is 11.8 Å². The summed E-state index contributed by atoms with van der Waals surface area (Å²) in [4.78, 5) is 41.8. The van der Waals surface area contributed by atoms with Crippen LogP contribution in [0.25, 0.3) is 10.8 Å². The molecule has 7 nitrogen and oxygen atoms in total. The van der Waals surface area contributed by atoms with E-state index in [2.05, 4.69) is 24.0 Å². The van der Waals surface area contributed by atoms with Crippen LogP contribution in [0.15, 0.2) is 53.3 Å². The molecule has 0 spiro atoms. The van der Waals surface area contributed by atoms with E-state index in [9.17, 15) is 14.4 Å². The Morgan fingerprint density at radius 1 is 1.11 bits per heavy atom. The number of carbonyl (C=O) groups is 2. The van der Waals surface area contributed by atoms with Gasteiger partial charge in [-0.25, -0.2) is 5.10 Å². The molecule has 35 heavy (non-hydrogen) atoms. The average molecular weight is 475 g/mol. The number of hydrogen-bond acceptors (Lipinski definition) is 4. The number of aromatic nitrogens is 2. The maximum atomic E-state index is 13.2. The lowest BCUT2D eigenvalue weighted by atomic mass is 9.94. The van der Waals surface area contributed by atoms with Gasteiger partial charge in [0, 0.05) is 50.0 Å². The minimum Gasteiger partial charge on any atom is -0.345 e. The van der Waals surface area contributed by atoms with E-state index in [1.807, 2.05) is 59.3 Å². The summed E-state index contributed by atoms with van der Waals surface area (Å²) in [6.45, 7) is 6.25. The molecular formula is C28H34N4O3. The fraction of sp³-hybridized carbons (Fsp3) is 0.429. The van der Waals surface area contributed by atoms with Crippen molar-refractivity contribution in [3.05, 3.63) is 75.7 Å². The number of aromatic amines is 1. The van der Waals surface area contributed by atoms with E-state index in [1.165, 1.54) is 0 Å². The van der Waals surface area contributed by atoms with Crippen LogP contribution in [0.5, 0.6) is 0 Å². The van der Waals surface area contributed by atoms with E-state index in [4.69, 9.17) is 0 Å². The van der Waals surface area contributed by atoms with Crippen molar-refractivity contribution < 1.29 is 9.59 Å². The van der Waals surface area contributed by atoms with Gasteiger partial charge in [0.15, 0.2) is 0 Å². The predicted molar refractivity (Wildman–Crippen MR) is 137 cm³/mol. The molecule has 2 amide bonds. The zero-order valence-corrected chi connectivity index (χ0v) is 20.8. The molecule has 0 bridgehead atoms. The summed E-state index contributed by atoms with van der Waals surface area (Å²) < 4.78 is 0. The Labute approximate surface area is 206 Å². The van der Waals surface area contributed by atoms with Gasteiger partial charge in [-0.1, -0.05) is 50.6 Å². The van der Waals surface area contributed by atoms with Crippen molar-refractivity contribution in [3.63, 3.8) is 0 Å². The molecule has 1 atom stereocenters. The van der Waals surface area contributed by atoms with Crippen molar-refractivity contribution in [2.45, 2.75) is 39.5 Å². The van der Waals surface area contributed by atoms with Crippen LogP contribution in [0, 0.1) is 11.8 Å². The van der Waals surface area contributed by atoms with Gasteiger partial charge < -0.3 is 9.80 Å². The topological polar surface area (TPSA) is 86.4 Å². The number of nitrogens with one attached hydrogen (secondary N) is 1. The molecule has 0 aliphatic carbocycles. The molecule has 3 aromatic rings. The normalized spacial score (nSPS) is 15.2. The molecule has 1 N–H and O–H groups in total. The average Bonchev–Trinajstić information content (AvgIpc) is 2.89. The first-order chi connectivity index (χ1) is 16.9. The Morgan fingerprint density at radius 2 is 1.83 bits per heavy atom. The van der Waals surface area contributed by atoms with Gasteiger partial charge in [0.2, 0.25) is 5.91 Å². The molecule has 4 rings (SSSR count). The summed E-state index contributed by atoms with van der Waals surface area (Å²) in [5.74, 6) is 0.659. The molecule has 1 unspecified atom stereocenters. The third-order valence-electron chi connectivity index (χ3n) is 7.11. The first kappa shape index (κ1) is 24.6. The van der Waals surface area contributed by atoms with Crippen molar-refractivity contribution in [1.29, 1.82) is 0 Å².